The summed E-state index contributed by atoms with van der Waals surface area (Å²) in [4.78, 5) is 18.9. The Hall–Kier alpha value is -2.82. The van der Waals surface area contributed by atoms with Crippen molar-refractivity contribution >= 4 is 18.0 Å². The van der Waals surface area contributed by atoms with Gasteiger partial charge in [0.15, 0.2) is 0 Å². The zero-order valence-electron chi connectivity index (χ0n) is 16.1. The molecule has 0 saturated carbocycles. The summed E-state index contributed by atoms with van der Waals surface area (Å²) in [7, 11) is 3.59. The number of esters is 1. The lowest BCUT2D eigenvalue weighted by atomic mass is 10.0. The van der Waals surface area contributed by atoms with Crippen molar-refractivity contribution in [3.8, 4) is 5.75 Å². The molecule has 0 heterocycles. The van der Waals surface area contributed by atoms with Crippen molar-refractivity contribution < 1.29 is 14.3 Å². The summed E-state index contributed by atoms with van der Waals surface area (Å²) in [5.41, 5.74) is 4.20. The van der Waals surface area contributed by atoms with E-state index in [-0.39, 0.29) is 12.6 Å². The standard InChI is InChI=1S/C21H26N2O3/c1-6-23(4)14-22-20-12-11-19(15(2)16(20)3)21(24)26-13-17-7-9-18(25-5)10-8-17/h7-12,14H,6,13H2,1-5H3/b22-14+. The van der Waals surface area contributed by atoms with E-state index in [1.807, 2.05) is 56.1 Å². The van der Waals surface area contributed by atoms with Gasteiger partial charge in [0.2, 0.25) is 0 Å². The molecule has 0 bridgehead atoms. The molecule has 0 spiro atoms. The first kappa shape index (κ1) is 19.5. The summed E-state index contributed by atoms with van der Waals surface area (Å²) < 4.78 is 10.6. The molecule has 0 aliphatic carbocycles. The number of hydrogen-bond donors (Lipinski definition) is 0. The number of methoxy groups -OCH3 is 1. The second-order valence-corrected chi connectivity index (χ2v) is 6.12. The van der Waals surface area contributed by atoms with E-state index in [0.717, 1.165) is 34.7 Å². The van der Waals surface area contributed by atoms with Crippen molar-refractivity contribution in [2.45, 2.75) is 27.4 Å². The van der Waals surface area contributed by atoms with E-state index in [2.05, 4.69) is 11.9 Å². The molecule has 0 aliphatic heterocycles. The Labute approximate surface area is 155 Å². The Morgan fingerprint density at radius 3 is 2.42 bits per heavy atom. The lowest BCUT2D eigenvalue weighted by Crippen LogP contribution is -2.14. The topological polar surface area (TPSA) is 51.1 Å². The summed E-state index contributed by atoms with van der Waals surface area (Å²) in [6.45, 7) is 7.06. The third-order valence-electron chi connectivity index (χ3n) is 4.40. The Morgan fingerprint density at radius 1 is 1.12 bits per heavy atom. The van der Waals surface area contributed by atoms with Crippen molar-refractivity contribution in [3.63, 3.8) is 0 Å². The van der Waals surface area contributed by atoms with Crippen molar-refractivity contribution in [3.05, 3.63) is 58.7 Å². The van der Waals surface area contributed by atoms with E-state index in [9.17, 15) is 4.79 Å². The van der Waals surface area contributed by atoms with Crippen LogP contribution in [0.3, 0.4) is 0 Å². The van der Waals surface area contributed by atoms with Crippen LogP contribution in [0.25, 0.3) is 0 Å². The molecule has 0 aromatic heterocycles. The third-order valence-corrected chi connectivity index (χ3v) is 4.40. The summed E-state index contributed by atoms with van der Waals surface area (Å²) in [6.07, 6.45) is 1.80. The third kappa shape index (κ3) is 4.85. The van der Waals surface area contributed by atoms with E-state index < -0.39 is 0 Å². The highest BCUT2D eigenvalue weighted by atomic mass is 16.5. The van der Waals surface area contributed by atoms with E-state index in [1.165, 1.54) is 0 Å². The minimum Gasteiger partial charge on any atom is -0.497 e. The molecule has 0 fully saturated rings. The Kier molecular flexibility index (Phi) is 6.78. The molecule has 0 unspecified atom stereocenters. The SMILES string of the molecule is CCN(C)/C=N/c1ccc(C(=O)OCc2ccc(OC)cc2)c(C)c1C. The minimum atomic E-state index is -0.331. The molecule has 5 nitrogen and oxygen atoms in total. The fourth-order valence-corrected chi connectivity index (χ4v) is 2.36. The van der Waals surface area contributed by atoms with Crippen molar-refractivity contribution in [1.82, 2.24) is 4.90 Å². The maximum absolute atomic E-state index is 12.4. The van der Waals surface area contributed by atoms with Gasteiger partial charge in [-0.3, -0.25) is 0 Å². The van der Waals surface area contributed by atoms with Gasteiger partial charge in [-0.1, -0.05) is 12.1 Å². The number of aliphatic imine (C=N–C) groups is 1. The van der Waals surface area contributed by atoms with Gasteiger partial charge in [0, 0.05) is 13.6 Å². The number of benzene rings is 2. The molecular formula is C21H26N2O3. The highest BCUT2D eigenvalue weighted by Gasteiger charge is 2.14. The van der Waals surface area contributed by atoms with Crippen LogP contribution >= 0.6 is 0 Å². The quantitative estimate of drug-likeness (QED) is 0.423. The highest BCUT2D eigenvalue weighted by Crippen LogP contribution is 2.25. The molecule has 138 valence electrons. The lowest BCUT2D eigenvalue weighted by Gasteiger charge is -2.12. The molecule has 2 rings (SSSR count). The zero-order chi connectivity index (χ0) is 19.1. The molecule has 0 radical (unpaired) electrons. The van der Waals surface area contributed by atoms with Crippen molar-refractivity contribution in [2.75, 3.05) is 20.7 Å². The van der Waals surface area contributed by atoms with Crippen LogP contribution in [-0.4, -0.2) is 37.9 Å². The second kappa shape index (κ2) is 9.04. The monoisotopic (exact) mass is 354 g/mol. The summed E-state index contributed by atoms with van der Waals surface area (Å²) in [5.74, 6) is 0.444. The lowest BCUT2D eigenvalue weighted by molar-refractivity contribution is 0.0472. The van der Waals surface area contributed by atoms with Gasteiger partial charge in [0.25, 0.3) is 0 Å². The predicted molar refractivity (Wildman–Crippen MR) is 104 cm³/mol. The van der Waals surface area contributed by atoms with E-state index in [1.54, 1.807) is 19.5 Å². The Balaban J connectivity index is 2.08. The number of rotatable bonds is 7. The molecule has 0 aliphatic rings. The van der Waals surface area contributed by atoms with Crippen LogP contribution in [0.1, 0.15) is 34.0 Å². The molecule has 0 atom stereocenters. The van der Waals surface area contributed by atoms with Crippen LogP contribution in [0, 0.1) is 13.8 Å². The average Bonchev–Trinajstić information content (AvgIpc) is 2.67. The van der Waals surface area contributed by atoms with Gasteiger partial charge in [-0.2, -0.15) is 0 Å². The highest BCUT2D eigenvalue weighted by molar-refractivity contribution is 5.92. The zero-order valence-corrected chi connectivity index (χ0v) is 16.1. The summed E-state index contributed by atoms with van der Waals surface area (Å²) in [5, 5.41) is 0. The van der Waals surface area contributed by atoms with Gasteiger partial charge >= 0.3 is 5.97 Å². The van der Waals surface area contributed by atoms with Gasteiger partial charge in [0.05, 0.1) is 24.7 Å². The van der Waals surface area contributed by atoms with Crippen LogP contribution in [0.15, 0.2) is 41.4 Å². The summed E-state index contributed by atoms with van der Waals surface area (Å²) in [6, 6.07) is 11.1. The van der Waals surface area contributed by atoms with E-state index in [0.29, 0.717) is 5.56 Å². The molecular weight excluding hydrogens is 328 g/mol. The van der Waals surface area contributed by atoms with Crippen LogP contribution in [0.5, 0.6) is 5.75 Å². The fourth-order valence-electron chi connectivity index (χ4n) is 2.36. The van der Waals surface area contributed by atoms with Crippen LogP contribution in [0.2, 0.25) is 0 Å². The smallest absolute Gasteiger partial charge is 0.338 e. The largest absolute Gasteiger partial charge is 0.497 e. The van der Waals surface area contributed by atoms with Gasteiger partial charge in [-0.05, 0) is 61.7 Å². The maximum atomic E-state index is 12.4. The van der Waals surface area contributed by atoms with Crippen LogP contribution in [-0.2, 0) is 11.3 Å². The summed E-state index contributed by atoms with van der Waals surface area (Å²) >= 11 is 0. The number of carbonyl (C=O) groups is 1. The van der Waals surface area contributed by atoms with E-state index >= 15 is 0 Å². The Morgan fingerprint density at radius 2 is 1.81 bits per heavy atom. The van der Waals surface area contributed by atoms with Gasteiger partial charge < -0.3 is 14.4 Å². The molecule has 0 amide bonds. The Bertz CT molecular complexity index is 783. The first-order valence-electron chi connectivity index (χ1n) is 8.61. The van der Waals surface area contributed by atoms with Gasteiger partial charge in [-0.25, -0.2) is 9.79 Å². The molecule has 0 N–H and O–H groups in total. The first-order valence-corrected chi connectivity index (χ1v) is 8.61. The molecule has 2 aromatic carbocycles. The first-order chi connectivity index (χ1) is 12.5. The fraction of sp³-hybridized carbons (Fsp3) is 0.333. The maximum Gasteiger partial charge on any atom is 0.338 e. The van der Waals surface area contributed by atoms with Gasteiger partial charge in [-0.15, -0.1) is 0 Å². The normalized spacial score (nSPS) is 10.8. The number of hydrogen-bond acceptors (Lipinski definition) is 4. The predicted octanol–water partition coefficient (Wildman–Crippen LogP) is 4.28. The van der Waals surface area contributed by atoms with Crippen LogP contribution in [0.4, 0.5) is 5.69 Å². The molecule has 2 aromatic rings. The molecule has 0 saturated heterocycles. The van der Waals surface area contributed by atoms with Crippen molar-refractivity contribution in [1.29, 1.82) is 0 Å². The molecule has 5 heteroatoms. The minimum absolute atomic E-state index is 0.225. The number of ether oxygens (including phenoxy) is 2. The van der Waals surface area contributed by atoms with Gasteiger partial charge in [0.1, 0.15) is 12.4 Å². The average molecular weight is 354 g/mol. The van der Waals surface area contributed by atoms with Crippen molar-refractivity contribution in [2.24, 2.45) is 4.99 Å². The number of carbonyl (C=O) groups excluding carboxylic acids is 1. The van der Waals surface area contributed by atoms with E-state index in [4.69, 9.17) is 9.47 Å². The number of nitrogens with zero attached hydrogens (tertiary/aromatic N) is 2. The van der Waals surface area contributed by atoms with Crippen LogP contribution < -0.4 is 4.74 Å². The molecule has 26 heavy (non-hydrogen) atoms. The second-order valence-electron chi connectivity index (χ2n) is 6.12.